The normalized spacial score (nSPS) is 10.5. The van der Waals surface area contributed by atoms with Gasteiger partial charge in [-0.3, -0.25) is 0 Å². The van der Waals surface area contributed by atoms with Crippen LogP contribution in [0.4, 0.5) is 0 Å². The van der Waals surface area contributed by atoms with Crippen LogP contribution in [0.25, 0.3) is 10.8 Å². The highest BCUT2D eigenvalue weighted by atomic mass is 16.5. The van der Waals surface area contributed by atoms with Crippen LogP contribution in [0.2, 0.25) is 0 Å². The molecule has 0 unspecified atom stereocenters. The van der Waals surface area contributed by atoms with Crippen LogP contribution >= 0.6 is 0 Å². The van der Waals surface area contributed by atoms with Crippen molar-refractivity contribution in [3.05, 3.63) is 35.9 Å². The van der Waals surface area contributed by atoms with Gasteiger partial charge in [-0.25, -0.2) is 0 Å². The van der Waals surface area contributed by atoms with Crippen molar-refractivity contribution in [1.82, 2.24) is 0 Å². The summed E-state index contributed by atoms with van der Waals surface area (Å²) < 4.78 is 10.6. The van der Waals surface area contributed by atoms with Gasteiger partial charge >= 0.3 is 0 Å². The molecule has 0 amide bonds. The molecule has 0 radical (unpaired) electrons. The van der Waals surface area contributed by atoms with E-state index in [2.05, 4.69) is 0 Å². The number of fused-ring (bicyclic) bond motifs is 1. The van der Waals surface area contributed by atoms with Crippen molar-refractivity contribution in [2.75, 3.05) is 14.2 Å². The van der Waals surface area contributed by atoms with E-state index >= 15 is 0 Å². The molecule has 0 bridgehead atoms. The van der Waals surface area contributed by atoms with Crippen LogP contribution in [0.3, 0.4) is 0 Å². The Morgan fingerprint density at radius 1 is 1.15 bits per heavy atom. The predicted octanol–water partition coefficient (Wildman–Crippen LogP) is 1.93. The van der Waals surface area contributed by atoms with Gasteiger partial charge in [0.05, 0.1) is 14.2 Å². The van der Waals surface area contributed by atoms with Crippen LogP contribution in [-0.4, -0.2) is 20.2 Å². The van der Waals surface area contributed by atoms with E-state index in [0.29, 0.717) is 12.8 Å². The molecular formula is C16H17O4-. The Morgan fingerprint density at radius 3 is 2.55 bits per heavy atom. The van der Waals surface area contributed by atoms with Crippen LogP contribution < -0.4 is 14.6 Å². The van der Waals surface area contributed by atoms with Crippen molar-refractivity contribution in [2.24, 2.45) is 0 Å². The zero-order valence-electron chi connectivity index (χ0n) is 11.6. The smallest absolute Gasteiger partial charge is 0.122 e. The molecule has 0 N–H and O–H groups in total. The maximum Gasteiger partial charge on any atom is 0.122 e. The second-order valence-corrected chi connectivity index (χ2v) is 4.56. The summed E-state index contributed by atoms with van der Waals surface area (Å²) in [6.07, 6.45) is 1.19. The monoisotopic (exact) mass is 273 g/mol. The van der Waals surface area contributed by atoms with E-state index in [1.807, 2.05) is 30.3 Å². The van der Waals surface area contributed by atoms with Crippen LogP contribution in [-0.2, 0) is 11.2 Å². The van der Waals surface area contributed by atoms with Gasteiger partial charge in [-0.1, -0.05) is 12.1 Å². The average Bonchev–Trinajstić information content (AvgIpc) is 2.46. The summed E-state index contributed by atoms with van der Waals surface area (Å²) in [5, 5.41) is 12.7. The summed E-state index contributed by atoms with van der Waals surface area (Å²) in [6.45, 7) is 0. The SMILES string of the molecule is COc1ccc2ccc(OC)c(CCCC(=O)[O-])c2c1. The van der Waals surface area contributed by atoms with Gasteiger partial charge in [0.2, 0.25) is 0 Å². The lowest BCUT2D eigenvalue weighted by Gasteiger charge is -2.13. The molecule has 4 nitrogen and oxygen atoms in total. The van der Waals surface area contributed by atoms with Gasteiger partial charge in [0.25, 0.3) is 0 Å². The molecule has 0 aliphatic rings. The van der Waals surface area contributed by atoms with E-state index < -0.39 is 5.97 Å². The number of rotatable bonds is 6. The van der Waals surface area contributed by atoms with E-state index in [-0.39, 0.29) is 6.42 Å². The van der Waals surface area contributed by atoms with Gasteiger partial charge in [0.15, 0.2) is 0 Å². The first-order valence-electron chi connectivity index (χ1n) is 6.49. The number of aryl methyl sites for hydroxylation is 1. The number of carboxylic acid groups (broad SMARTS) is 1. The summed E-state index contributed by atoms with van der Waals surface area (Å²) in [5.74, 6) is 0.512. The minimum absolute atomic E-state index is 0.0451. The van der Waals surface area contributed by atoms with E-state index in [1.54, 1.807) is 14.2 Å². The summed E-state index contributed by atoms with van der Waals surface area (Å²) in [5.41, 5.74) is 1.00. The number of carboxylic acids is 1. The summed E-state index contributed by atoms with van der Waals surface area (Å²) in [6, 6.07) is 9.72. The first-order chi connectivity index (χ1) is 9.65. The summed E-state index contributed by atoms with van der Waals surface area (Å²) in [4.78, 5) is 10.5. The molecule has 0 spiro atoms. The fourth-order valence-corrected chi connectivity index (χ4v) is 2.33. The largest absolute Gasteiger partial charge is 0.550 e. The standard InChI is InChI=1S/C16H18O4/c1-19-12-8-6-11-7-9-15(20-2)13(14(11)10-12)4-3-5-16(17)18/h6-10H,3-5H2,1-2H3,(H,17,18)/p-1. The molecule has 0 aliphatic heterocycles. The highest BCUT2D eigenvalue weighted by Crippen LogP contribution is 2.31. The molecule has 2 aromatic rings. The van der Waals surface area contributed by atoms with Gasteiger partial charge in [0.1, 0.15) is 11.5 Å². The first kappa shape index (κ1) is 14.2. The van der Waals surface area contributed by atoms with Crippen LogP contribution in [0.15, 0.2) is 30.3 Å². The minimum atomic E-state index is -1.03. The van der Waals surface area contributed by atoms with Crippen molar-refractivity contribution in [1.29, 1.82) is 0 Å². The minimum Gasteiger partial charge on any atom is -0.550 e. The molecular weight excluding hydrogens is 256 g/mol. The third-order valence-electron chi connectivity index (χ3n) is 3.32. The number of aliphatic carboxylic acids is 1. The number of carbonyl (C=O) groups excluding carboxylic acids is 1. The van der Waals surface area contributed by atoms with Crippen LogP contribution in [0.1, 0.15) is 18.4 Å². The Bertz CT molecular complexity index is 614. The van der Waals surface area contributed by atoms with Crippen LogP contribution in [0.5, 0.6) is 11.5 Å². The second kappa shape index (κ2) is 6.28. The highest BCUT2D eigenvalue weighted by molar-refractivity contribution is 5.89. The molecule has 0 saturated carbocycles. The molecule has 0 saturated heterocycles. The first-order valence-corrected chi connectivity index (χ1v) is 6.49. The predicted molar refractivity (Wildman–Crippen MR) is 75.0 cm³/mol. The molecule has 0 aliphatic carbocycles. The zero-order valence-corrected chi connectivity index (χ0v) is 11.6. The highest BCUT2D eigenvalue weighted by Gasteiger charge is 2.09. The second-order valence-electron chi connectivity index (χ2n) is 4.56. The number of hydrogen-bond acceptors (Lipinski definition) is 4. The number of benzene rings is 2. The van der Waals surface area contributed by atoms with Crippen LogP contribution in [0, 0.1) is 0 Å². The van der Waals surface area contributed by atoms with E-state index in [0.717, 1.165) is 27.8 Å². The topological polar surface area (TPSA) is 58.6 Å². The third-order valence-corrected chi connectivity index (χ3v) is 3.32. The van der Waals surface area contributed by atoms with E-state index in [9.17, 15) is 9.90 Å². The Hall–Kier alpha value is -2.23. The molecule has 2 rings (SSSR count). The maximum atomic E-state index is 10.5. The number of hydrogen-bond donors (Lipinski definition) is 0. The fourth-order valence-electron chi connectivity index (χ4n) is 2.33. The summed E-state index contributed by atoms with van der Waals surface area (Å²) >= 11 is 0. The molecule has 0 aromatic heterocycles. The lowest BCUT2D eigenvalue weighted by atomic mass is 9.98. The fraction of sp³-hybridized carbons (Fsp3) is 0.312. The van der Waals surface area contributed by atoms with E-state index in [1.165, 1.54) is 0 Å². The molecule has 4 heteroatoms. The van der Waals surface area contributed by atoms with Gasteiger partial charge in [-0.2, -0.15) is 0 Å². The van der Waals surface area contributed by atoms with E-state index in [4.69, 9.17) is 9.47 Å². The van der Waals surface area contributed by atoms with Crippen molar-refractivity contribution in [3.63, 3.8) is 0 Å². The lowest BCUT2D eigenvalue weighted by molar-refractivity contribution is -0.305. The Kier molecular flexibility index (Phi) is 4.45. The van der Waals surface area contributed by atoms with Crippen molar-refractivity contribution in [3.8, 4) is 11.5 Å². The number of methoxy groups -OCH3 is 2. The van der Waals surface area contributed by atoms with Gasteiger partial charge in [0, 0.05) is 11.5 Å². The molecule has 2 aromatic carbocycles. The van der Waals surface area contributed by atoms with Crippen molar-refractivity contribution < 1.29 is 19.4 Å². The Balaban J connectivity index is 2.43. The maximum absolute atomic E-state index is 10.5. The quantitative estimate of drug-likeness (QED) is 0.807. The Labute approximate surface area is 117 Å². The van der Waals surface area contributed by atoms with Gasteiger partial charge in [-0.05, 0) is 48.2 Å². The van der Waals surface area contributed by atoms with Gasteiger partial charge in [-0.15, -0.1) is 0 Å². The number of carbonyl (C=O) groups is 1. The molecule has 0 fully saturated rings. The zero-order chi connectivity index (χ0) is 14.5. The molecule has 0 heterocycles. The molecule has 106 valence electrons. The average molecular weight is 273 g/mol. The summed E-state index contributed by atoms with van der Waals surface area (Å²) in [7, 11) is 3.24. The molecule has 20 heavy (non-hydrogen) atoms. The lowest BCUT2D eigenvalue weighted by Crippen LogP contribution is -2.21. The van der Waals surface area contributed by atoms with Gasteiger partial charge < -0.3 is 19.4 Å². The number of ether oxygens (including phenoxy) is 2. The molecule has 0 atom stereocenters. The van der Waals surface area contributed by atoms with Crippen molar-refractivity contribution in [2.45, 2.75) is 19.3 Å². The Morgan fingerprint density at radius 2 is 1.90 bits per heavy atom. The van der Waals surface area contributed by atoms with Crippen molar-refractivity contribution >= 4 is 16.7 Å². The third kappa shape index (κ3) is 3.02.